The van der Waals surface area contributed by atoms with Gasteiger partial charge in [0.05, 0.1) is 12.3 Å². The molecule has 8 heteroatoms. The molecule has 0 bridgehead atoms. The van der Waals surface area contributed by atoms with Gasteiger partial charge in [-0.1, -0.05) is 32.3 Å². The van der Waals surface area contributed by atoms with Crippen LogP contribution in [-0.4, -0.2) is 27.3 Å². The van der Waals surface area contributed by atoms with Gasteiger partial charge in [0.15, 0.2) is 0 Å². The number of benzene rings is 1. The largest absolute Gasteiger partial charge is 0.352 e. The van der Waals surface area contributed by atoms with Crippen LogP contribution in [-0.2, 0) is 20.9 Å². The van der Waals surface area contributed by atoms with Crippen molar-refractivity contribution in [3.05, 3.63) is 39.9 Å². The Bertz CT molecular complexity index is 1080. The van der Waals surface area contributed by atoms with Gasteiger partial charge in [-0.3, -0.25) is 29.1 Å². The third-order valence-electron chi connectivity index (χ3n) is 5.22. The van der Waals surface area contributed by atoms with Gasteiger partial charge in [0, 0.05) is 19.4 Å². The second-order valence-electron chi connectivity index (χ2n) is 7.56. The van der Waals surface area contributed by atoms with Gasteiger partial charge in [-0.15, -0.1) is 0 Å². The lowest BCUT2D eigenvalue weighted by atomic mass is 10.0. The molecule has 30 heavy (non-hydrogen) atoms. The summed E-state index contributed by atoms with van der Waals surface area (Å²) >= 11 is 0. The zero-order valence-corrected chi connectivity index (χ0v) is 17.4. The molecular weight excluding hydrogens is 384 g/mol. The van der Waals surface area contributed by atoms with Gasteiger partial charge < -0.3 is 5.32 Å². The van der Waals surface area contributed by atoms with E-state index in [1.165, 1.54) is 0 Å². The SMILES string of the molecule is [2H][C@]1(n2c(C)nc3ccc(CNC(=O)CCCCCC)cc3c2=O)CCC(=O)NC1=O. The van der Waals surface area contributed by atoms with Crippen LogP contribution in [0, 0.1) is 6.92 Å². The summed E-state index contributed by atoms with van der Waals surface area (Å²) in [6, 6.07) is 3.18. The van der Waals surface area contributed by atoms with Crippen molar-refractivity contribution in [3.63, 3.8) is 0 Å². The van der Waals surface area contributed by atoms with Crippen molar-refractivity contribution in [3.8, 4) is 0 Å². The summed E-state index contributed by atoms with van der Waals surface area (Å²) in [5.41, 5.74) is 0.657. The number of nitrogens with zero attached hydrogens (tertiary/aromatic N) is 2. The molecule has 1 saturated heterocycles. The van der Waals surface area contributed by atoms with E-state index < -0.39 is 23.4 Å². The molecule has 1 aromatic carbocycles. The van der Waals surface area contributed by atoms with Crippen molar-refractivity contribution >= 4 is 28.6 Å². The lowest BCUT2D eigenvalue weighted by Crippen LogP contribution is -2.45. The van der Waals surface area contributed by atoms with Gasteiger partial charge in [-0.2, -0.15) is 0 Å². The summed E-state index contributed by atoms with van der Waals surface area (Å²) in [5, 5.41) is 5.26. The Morgan fingerprint density at radius 3 is 2.83 bits per heavy atom. The van der Waals surface area contributed by atoms with Crippen LogP contribution in [0.15, 0.2) is 23.0 Å². The van der Waals surface area contributed by atoms with E-state index >= 15 is 0 Å². The second-order valence-corrected chi connectivity index (χ2v) is 7.56. The lowest BCUT2D eigenvalue weighted by Gasteiger charge is -2.24. The van der Waals surface area contributed by atoms with Crippen molar-refractivity contribution in [2.45, 2.75) is 71.4 Å². The van der Waals surface area contributed by atoms with Gasteiger partial charge in [0.2, 0.25) is 17.7 Å². The predicted octanol–water partition coefficient (Wildman–Crippen LogP) is 2.27. The molecule has 8 nitrogen and oxygen atoms in total. The van der Waals surface area contributed by atoms with E-state index in [0.29, 0.717) is 11.9 Å². The van der Waals surface area contributed by atoms with Crippen LogP contribution in [0.1, 0.15) is 70.6 Å². The minimum atomic E-state index is -1.93. The van der Waals surface area contributed by atoms with Crippen LogP contribution >= 0.6 is 0 Å². The Morgan fingerprint density at radius 1 is 1.30 bits per heavy atom. The summed E-state index contributed by atoms with van der Waals surface area (Å²) in [4.78, 5) is 53.5. The van der Waals surface area contributed by atoms with E-state index in [2.05, 4.69) is 22.5 Å². The maximum Gasteiger partial charge on any atom is 0.262 e. The predicted molar refractivity (Wildman–Crippen MR) is 113 cm³/mol. The first-order valence-electron chi connectivity index (χ1n) is 10.9. The Kier molecular flexibility index (Phi) is 6.51. The Morgan fingerprint density at radius 2 is 2.10 bits per heavy atom. The molecule has 0 unspecified atom stereocenters. The second kappa shape index (κ2) is 9.65. The smallest absolute Gasteiger partial charge is 0.262 e. The van der Waals surface area contributed by atoms with Crippen molar-refractivity contribution in [2.24, 2.45) is 0 Å². The van der Waals surface area contributed by atoms with Crippen LogP contribution < -0.4 is 16.2 Å². The van der Waals surface area contributed by atoms with E-state index in [4.69, 9.17) is 1.37 Å². The summed E-state index contributed by atoms with van der Waals surface area (Å²) in [5.74, 6) is -1.10. The molecule has 0 radical (unpaired) electrons. The van der Waals surface area contributed by atoms with Crippen molar-refractivity contribution in [2.75, 3.05) is 0 Å². The number of carbonyl (C=O) groups excluding carboxylic acids is 3. The number of nitrogens with one attached hydrogen (secondary N) is 2. The third-order valence-corrected chi connectivity index (χ3v) is 5.22. The number of unbranched alkanes of at least 4 members (excludes halogenated alkanes) is 3. The van der Waals surface area contributed by atoms with E-state index in [1.807, 2.05) is 0 Å². The highest BCUT2D eigenvalue weighted by molar-refractivity contribution is 5.99. The van der Waals surface area contributed by atoms with E-state index in [9.17, 15) is 19.2 Å². The highest BCUT2D eigenvalue weighted by Crippen LogP contribution is 2.20. The fraction of sp³-hybridized carbons (Fsp3) is 0.500. The van der Waals surface area contributed by atoms with Crippen molar-refractivity contribution in [1.29, 1.82) is 0 Å². The fourth-order valence-electron chi connectivity index (χ4n) is 3.59. The van der Waals surface area contributed by atoms with Gasteiger partial charge >= 0.3 is 0 Å². The molecule has 3 rings (SSSR count). The van der Waals surface area contributed by atoms with Crippen molar-refractivity contribution in [1.82, 2.24) is 20.2 Å². The number of hydrogen-bond acceptors (Lipinski definition) is 5. The number of rotatable bonds is 8. The Balaban J connectivity index is 1.84. The van der Waals surface area contributed by atoms with Gasteiger partial charge in [0.1, 0.15) is 11.8 Å². The van der Waals surface area contributed by atoms with Crippen LogP contribution in [0.5, 0.6) is 0 Å². The standard InChI is InChI=1S/C22H28N4O4/c1-3-4-5-6-7-19(27)23-13-15-8-9-17-16(12-15)22(30)26(14(2)24-17)18-10-11-20(28)25-21(18)29/h8-9,12,18H,3-7,10-11,13H2,1-2H3,(H,23,27)(H,25,28,29)/t18-/m0/s1/i18D. The zero-order chi connectivity index (χ0) is 22.6. The number of fused-ring (bicyclic) bond motifs is 1. The average molecular weight is 413 g/mol. The van der Waals surface area contributed by atoms with E-state index in [1.54, 1.807) is 25.1 Å². The monoisotopic (exact) mass is 413 g/mol. The van der Waals surface area contributed by atoms with E-state index in [0.717, 1.165) is 35.8 Å². The Hall–Kier alpha value is -3.03. The summed E-state index contributed by atoms with van der Waals surface area (Å²) in [6.07, 6.45) is 4.45. The van der Waals surface area contributed by atoms with Gasteiger partial charge in [0.25, 0.3) is 5.56 Å². The van der Waals surface area contributed by atoms with Crippen LogP contribution in [0.3, 0.4) is 0 Å². The lowest BCUT2D eigenvalue weighted by molar-refractivity contribution is -0.135. The maximum absolute atomic E-state index is 13.2. The molecule has 1 atom stereocenters. The highest BCUT2D eigenvalue weighted by atomic mass is 16.2. The topological polar surface area (TPSA) is 110 Å². The quantitative estimate of drug-likeness (QED) is 0.510. The van der Waals surface area contributed by atoms with Crippen molar-refractivity contribution < 1.29 is 15.8 Å². The normalized spacial score (nSPS) is 19.5. The minimum Gasteiger partial charge on any atom is -0.352 e. The fourth-order valence-corrected chi connectivity index (χ4v) is 3.59. The molecular formula is C22H28N4O4. The number of aromatic nitrogens is 2. The number of hydrogen-bond donors (Lipinski definition) is 2. The first-order chi connectivity index (χ1) is 14.8. The first kappa shape index (κ1) is 20.3. The first-order valence-corrected chi connectivity index (χ1v) is 10.4. The average Bonchev–Trinajstić information content (AvgIpc) is 2.73. The number of amides is 3. The molecule has 2 heterocycles. The highest BCUT2D eigenvalue weighted by Gasteiger charge is 2.30. The molecule has 3 amide bonds. The number of aryl methyl sites for hydroxylation is 1. The molecule has 0 aliphatic carbocycles. The number of imide groups is 1. The summed E-state index contributed by atoms with van der Waals surface area (Å²) < 4.78 is 9.65. The number of piperidine rings is 1. The van der Waals surface area contributed by atoms with E-state index in [-0.39, 0.29) is 36.5 Å². The summed E-state index contributed by atoms with van der Waals surface area (Å²) in [7, 11) is 0. The Labute approximate surface area is 176 Å². The molecule has 0 saturated carbocycles. The molecule has 1 aliphatic rings. The summed E-state index contributed by atoms with van der Waals surface area (Å²) in [6.45, 7) is 3.96. The van der Waals surface area contributed by atoms with Gasteiger partial charge in [-0.25, -0.2) is 4.98 Å². The molecule has 2 aromatic rings. The molecule has 160 valence electrons. The molecule has 2 N–H and O–H groups in total. The number of carbonyl (C=O) groups is 3. The molecule has 1 aliphatic heterocycles. The van der Waals surface area contributed by atoms with Crippen LogP contribution in [0.4, 0.5) is 0 Å². The molecule has 0 spiro atoms. The van der Waals surface area contributed by atoms with Gasteiger partial charge in [-0.05, 0) is 37.5 Å². The van der Waals surface area contributed by atoms with Crippen LogP contribution in [0.25, 0.3) is 10.9 Å². The van der Waals surface area contributed by atoms with Crippen LogP contribution in [0.2, 0.25) is 0 Å². The molecule has 1 aromatic heterocycles. The molecule has 1 fully saturated rings. The zero-order valence-electron chi connectivity index (χ0n) is 18.4. The third kappa shape index (κ3) is 4.93. The maximum atomic E-state index is 13.2. The minimum absolute atomic E-state index is 0.0243.